The van der Waals surface area contributed by atoms with Crippen LogP contribution in [0.4, 0.5) is 5.69 Å². The molecule has 1 radical (unpaired) electrons. The summed E-state index contributed by atoms with van der Waals surface area (Å²) in [5.41, 5.74) is 2.40. The van der Waals surface area contributed by atoms with Crippen LogP contribution in [0.1, 0.15) is 35.5 Å². The average molecular weight is 589 g/mol. The van der Waals surface area contributed by atoms with Crippen LogP contribution in [0.25, 0.3) is 11.0 Å². The maximum atomic E-state index is 12.9. The number of para-hydroxylation sites is 2. The van der Waals surface area contributed by atoms with Gasteiger partial charge in [0.1, 0.15) is 5.69 Å². The number of hydrogen-bond acceptors (Lipinski definition) is 6. The molecule has 0 atom stereocenters. The fourth-order valence-corrected chi connectivity index (χ4v) is 2.98. The molecule has 0 amide bonds. The van der Waals surface area contributed by atoms with E-state index in [1.807, 2.05) is 18.2 Å². The number of aromatic amines is 1. The van der Waals surface area contributed by atoms with Gasteiger partial charge in [0, 0.05) is 47.1 Å². The second-order valence-corrected chi connectivity index (χ2v) is 7.56. The maximum Gasteiger partial charge on any atom is 0.300 e. The van der Waals surface area contributed by atoms with Crippen molar-refractivity contribution >= 4 is 52.3 Å². The van der Waals surface area contributed by atoms with Gasteiger partial charge in [-0.1, -0.05) is 54.1 Å². The number of H-pyrrole nitrogens is 1. The van der Waals surface area contributed by atoms with Gasteiger partial charge in [-0.2, -0.15) is 0 Å². The van der Waals surface area contributed by atoms with E-state index in [1.54, 1.807) is 54.6 Å². The van der Waals surface area contributed by atoms with E-state index in [1.165, 1.54) is 6.21 Å². The summed E-state index contributed by atoms with van der Waals surface area (Å²) < 4.78 is 0. The largest absolute Gasteiger partial charge is 0.481 e. The van der Waals surface area contributed by atoms with E-state index in [0.29, 0.717) is 32.9 Å². The molecule has 10 nitrogen and oxygen atoms in total. The standard InChI is InChI=1S/C22H14ClN3O2.2C2H4O2.Cu.H2O/c23-15-10-11-17(16(12-15)21(27)14-6-2-1-3-7-14)24-13-20-22(28)26-19-9-5-4-8-18(19)25-20;2*1-2(3)4;;/h1-13H,(H,26,28);2*1H3,(H,3,4);;1H2. The number of ketones is 1. The number of aromatic nitrogens is 2. The second-order valence-electron chi connectivity index (χ2n) is 7.12. The van der Waals surface area contributed by atoms with Gasteiger partial charge in [0.15, 0.2) is 5.78 Å². The van der Waals surface area contributed by atoms with Crippen molar-refractivity contribution in [1.82, 2.24) is 9.97 Å². The van der Waals surface area contributed by atoms with E-state index < -0.39 is 11.9 Å². The zero-order valence-electron chi connectivity index (χ0n) is 20.1. The molecule has 0 fully saturated rings. The van der Waals surface area contributed by atoms with Crippen LogP contribution in [0.5, 0.6) is 0 Å². The maximum absolute atomic E-state index is 12.9. The smallest absolute Gasteiger partial charge is 0.300 e. The van der Waals surface area contributed by atoms with Crippen molar-refractivity contribution in [1.29, 1.82) is 0 Å². The predicted octanol–water partition coefficient (Wildman–Crippen LogP) is 3.91. The van der Waals surface area contributed by atoms with Crippen LogP contribution in [0.15, 0.2) is 82.6 Å². The first kappa shape index (κ1) is 33.8. The van der Waals surface area contributed by atoms with Crippen molar-refractivity contribution in [2.75, 3.05) is 0 Å². The normalized spacial score (nSPS) is 9.55. The third-order valence-corrected chi connectivity index (χ3v) is 4.43. The van der Waals surface area contributed by atoms with Crippen molar-refractivity contribution in [2.24, 2.45) is 4.99 Å². The van der Waals surface area contributed by atoms with Gasteiger partial charge in [0.05, 0.1) is 22.9 Å². The number of rotatable bonds is 4. The monoisotopic (exact) mass is 588 g/mol. The Morgan fingerprint density at radius 1 is 0.921 bits per heavy atom. The fourth-order valence-electron chi connectivity index (χ4n) is 2.81. The molecule has 0 saturated heterocycles. The molecule has 0 aliphatic rings. The number of hydrogen-bond donors (Lipinski definition) is 3. The molecule has 0 unspecified atom stereocenters. The van der Waals surface area contributed by atoms with Gasteiger partial charge >= 0.3 is 0 Å². The summed E-state index contributed by atoms with van der Waals surface area (Å²) in [6, 6.07) is 21.0. The Balaban J connectivity index is 0.00000121. The topological polar surface area (TPSA) is 181 Å². The molecule has 0 aliphatic carbocycles. The Morgan fingerprint density at radius 3 is 2.08 bits per heavy atom. The van der Waals surface area contributed by atoms with Gasteiger partial charge in [-0.05, 0) is 30.3 Å². The molecule has 203 valence electrons. The molecule has 4 aromatic rings. The van der Waals surface area contributed by atoms with E-state index in [0.717, 1.165) is 13.8 Å². The Morgan fingerprint density at radius 2 is 1.47 bits per heavy atom. The van der Waals surface area contributed by atoms with Crippen molar-refractivity contribution in [2.45, 2.75) is 13.8 Å². The van der Waals surface area contributed by atoms with Crippen molar-refractivity contribution in [3.05, 3.63) is 105 Å². The Bertz CT molecular complexity index is 1450. The van der Waals surface area contributed by atoms with Crippen molar-refractivity contribution in [3.63, 3.8) is 0 Å². The summed E-state index contributed by atoms with van der Waals surface area (Å²) in [6.07, 6.45) is 1.36. The van der Waals surface area contributed by atoms with Crippen LogP contribution in [0.2, 0.25) is 5.02 Å². The van der Waals surface area contributed by atoms with Gasteiger partial charge in [0.2, 0.25) is 0 Å². The number of nitrogens with zero attached hydrogens (tertiary/aromatic N) is 2. The summed E-state index contributed by atoms with van der Waals surface area (Å²) in [4.78, 5) is 54.6. The second kappa shape index (κ2) is 16.6. The predicted molar refractivity (Wildman–Crippen MR) is 141 cm³/mol. The van der Waals surface area contributed by atoms with Crippen LogP contribution in [-0.4, -0.2) is 49.6 Å². The van der Waals surface area contributed by atoms with E-state index in [9.17, 15) is 9.59 Å². The summed E-state index contributed by atoms with van der Waals surface area (Å²) in [6.45, 7) is 2.17. The molecule has 0 bridgehead atoms. The van der Waals surface area contributed by atoms with Gasteiger partial charge in [0.25, 0.3) is 17.5 Å². The number of aliphatic carboxylic acids is 2. The Labute approximate surface area is 232 Å². The van der Waals surface area contributed by atoms with Crippen LogP contribution in [0.3, 0.4) is 0 Å². The minimum atomic E-state index is -0.833. The summed E-state index contributed by atoms with van der Waals surface area (Å²) >= 11 is 6.08. The fraction of sp³-hybridized carbons (Fsp3) is 0.0769. The number of fused-ring (bicyclic) bond motifs is 1. The van der Waals surface area contributed by atoms with E-state index in [-0.39, 0.29) is 39.6 Å². The van der Waals surface area contributed by atoms with Crippen LogP contribution >= 0.6 is 11.6 Å². The number of nitrogens with one attached hydrogen (secondary N) is 1. The quantitative estimate of drug-likeness (QED) is 0.183. The van der Waals surface area contributed by atoms with E-state index >= 15 is 0 Å². The number of benzene rings is 3. The third-order valence-electron chi connectivity index (χ3n) is 4.19. The first-order valence-electron chi connectivity index (χ1n) is 10.4. The molecular weight excluding hydrogens is 565 g/mol. The molecule has 0 spiro atoms. The molecular formula is C26H24ClCuN3O7. The molecule has 5 N–H and O–H groups in total. The van der Waals surface area contributed by atoms with Crippen molar-refractivity contribution < 1.29 is 47.1 Å². The molecule has 4 rings (SSSR count). The number of carbonyl (C=O) groups excluding carboxylic acids is 1. The zero-order chi connectivity index (χ0) is 26.7. The van der Waals surface area contributed by atoms with Crippen molar-refractivity contribution in [3.8, 4) is 0 Å². The first-order chi connectivity index (χ1) is 17.1. The molecule has 1 heterocycles. The number of halogens is 1. The van der Waals surface area contributed by atoms with E-state index in [4.69, 9.17) is 31.4 Å². The van der Waals surface area contributed by atoms with Crippen LogP contribution in [0, 0.1) is 0 Å². The molecule has 0 aliphatic heterocycles. The number of aliphatic imine (C=N–C) groups is 1. The molecule has 3 aromatic carbocycles. The number of carboxylic acid groups (broad SMARTS) is 2. The Kier molecular flexibility index (Phi) is 14.8. The molecule has 38 heavy (non-hydrogen) atoms. The first-order valence-corrected chi connectivity index (χ1v) is 10.8. The molecule has 0 saturated carbocycles. The molecule has 1 aromatic heterocycles. The number of carbonyl (C=O) groups is 3. The summed E-state index contributed by atoms with van der Waals surface area (Å²) in [5, 5.41) is 15.3. The Hall–Kier alpha value is -4.15. The average Bonchev–Trinajstić information content (AvgIpc) is 2.82. The van der Waals surface area contributed by atoms with Gasteiger partial charge < -0.3 is 20.7 Å². The van der Waals surface area contributed by atoms with Gasteiger partial charge in [-0.15, -0.1) is 0 Å². The minimum Gasteiger partial charge on any atom is -0.481 e. The van der Waals surface area contributed by atoms with Crippen LogP contribution in [-0.2, 0) is 26.7 Å². The summed E-state index contributed by atoms with van der Waals surface area (Å²) in [5.74, 6) is -1.87. The minimum absolute atomic E-state index is 0. The SMILES string of the molecule is CC(=O)O.CC(=O)O.O.O=C(c1ccccc1)c1cc(Cl)ccc1N=Cc1nc2ccccc2[nH]c1=O.[Cu]. The third kappa shape index (κ3) is 10.9. The number of carboxylic acids is 2. The zero-order valence-corrected chi connectivity index (χ0v) is 21.8. The summed E-state index contributed by atoms with van der Waals surface area (Å²) in [7, 11) is 0. The van der Waals surface area contributed by atoms with E-state index in [2.05, 4.69) is 15.0 Å². The van der Waals surface area contributed by atoms with Gasteiger partial charge in [-0.3, -0.25) is 24.2 Å². The van der Waals surface area contributed by atoms with Crippen LogP contribution < -0.4 is 5.56 Å². The van der Waals surface area contributed by atoms with Gasteiger partial charge in [-0.25, -0.2) is 4.98 Å². The molecule has 12 heteroatoms.